The number of hydrogen-bond acceptors (Lipinski definition) is 2. The molecule has 0 radical (unpaired) electrons. The van der Waals surface area contributed by atoms with E-state index in [9.17, 15) is 0 Å². The molecule has 1 aliphatic heterocycles. The molecule has 2 nitrogen and oxygen atoms in total. The molecule has 1 saturated heterocycles. The number of benzene rings is 1. The number of nitrogens with one attached hydrogen (secondary N) is 1. The highest BCUT2D eigenvalue weighted by molar-refractivity contribution is 6.30. The molecule has 0 aliphatic carbocycles. The van der Waals surface area contributed by atoms with Crippen molar-refractivity contribution >= 4 is 11.6 Å². The third-order valence-corrected chi connectivity index (χ3v) is 3.37. The van der Waals surface area contributed by atoms with E-state index < -0.39 is 0 Å². The summed E-state index contributed by atoms with van der Waals surface area (Å²) in [5.74, 6) is 0.895. The Morgan fingerprint density at radius 3 is 3.00 bits per heavy atom. The van der Waals surface area contributed by atoms with Crippen molar-refractivity contribution in [3.63, 3.8) is 0 Å². The van der Waals surface area contributed by atoms with Gasteiger partial charge in [-0.1, -0.05) is 30.5 Å². The van der Waals surface area contributed by atoms with Crippen LogP contribution < -0.4 is 10.1 Å². The van der Waals surface area contributed by atoms with E-state index in [2.05, 4.69) is 11.4 Å². The van der Waals surface area contributed by atoms with Gasteiger partial charge in [0, 0.05) is 16.6 Å². The van der Waals surface area contributed by atoms with E-state index in [1.165, 1.54) is 31.2 Å². The molecule has 0 aromatic heterocycles. The van der Waals surface area contributed by atoms with Crippen molar-refractivity contribution < 1.29 is 4.74 Å². The van der Waals surface area contributed by atoms with Crippen molar-refractivity contribution in [2.24, 2.45) is 0 Å². The van der Waals surface area contributed by atoms with E-state index in [0.717, 1.165) is 17.3 Å². The van der Waals surface area contributed by atoms with Gasteiger partial charge < -0.3 is 10.1 Å². The molecule has 0 spiro atoms. The summed E-state index contributed by atoms with van der Waals surface area (Å²) in [5, 5.41) is 4.30. The van der Waals surface area contributed by atoms with Gasteiger partial charge in [-0.05, 0) is 31.5 Å². The Labute approximate surface area is 102 Å². The SMILES string of the molecule is COc1cc(Cl)ccc1[C@H]1CCCCCN1. The molecule has 0 amide bonds. The second kappa shape index (κ2) is 5.55. The third kappa shape index (κ3) is 2.69. The zero-order chi connectivity index (χ0) is 11.4. The van der Waals surface area contributed by atoms with Crippen molar-refractivity contribution in [2.45, 2.75) is 31.7 Å². The number of halogens is 1. The van der Waals surface area contributed by atoms with Crippen molar-refractivity contribution in [2.75, 3.05) is 13.7 Å². The Balaban J connectivity index is 2.23. The average Bonchev–Trinajstić information content (AvgIpc) is 2.57. The maximum absolute atomic E-state index is 5.97. The Bertz CT molecular complexity index is 346. The van der Waals surface area contributed by atoms with Crippen LogP contribution in [0.15, 0.2) is 18.2 Å². The van der Waals surface area contributed by atoms with Gasteiger partial charge in [-0.3, -0.25) is 0 Å². The van der Waals surface area contributed by atoms with Gasteiger partial charge >= 0.3 is 0 Å². The van der Waals surface area contributed by atoms with Crippen LogP contribution in [0.3, 0.4) is 0 Å². The van der Waals surface area contributed by atoms with E-state index in [-0.39, 0.29) is 0 Å². The molecule has 1 fully saturated rings. The van der Waals surface area contributed by atoms with Crippen LogP contribution in [0.25, 0.3) is 0 Å². The van der Waals surface area contributed by atoms with Crippen LogP contribution in [0, 0.1) is 0 Å². The van der Waals surface area contributed by atoms with Crippen molar-refractivity contribution in [3.05, 3.63) is 28.8 Å². The summed E-state index contributed by atoms with van der Waals surface area (Å²) >= 11 is 5.97. The number of rotatable bonds is 2. The van der Waals surface area contributed by atoms with E-state index in [4.69, 9.17) is 16.3 Å². The maximum Gasteiger partial charge on any atom is 0.125 e. The second-order valence-corrected chi connectivity index (χ2v) is 4.68. The van der Waals surface area contributed by atoms with Gasteiger partial charge in [0.05, 0.1) is 7.11 Å². The van der Waals surface area contributed by atoms with E-state index in [0.29, 0.717) is 6.04 Å². The largest absolute Gasteiger partial charge is 0.496 e. The fraction of sp³-hybridized carbons (Fsp3) is 0.538. The summed E-state index contributed by atoms with van der Waals surface area (Å²) in [4.78, 5) is 0. The Kier molecular flexibility index (Phi) is 4.08. The summed E-state index contributed by atoms with van der Waals surface area (Å²) in [5.41, 5.74) is 1.23. The van der Waals surface area contributed by atoms with Crippen LogP contribution in [0.2, 0.25) is 5.02 Å². The van der Waals surface area contributed by atoms with Crippen LogP contribution in [0.1, 0.15) is 37.3 Å². The number of ether oxygens (including phenoxy) is 1. The topological polar surface area (TPSA) is 21.3 Å². The minimum atomic E-state index is 0.412. The van der Waals surface area contributed by atoms with Crippen LogP contribution in [0.4, 0.5) is 0 Å². The minimum Gasteiger partial charge on any atom is -0.496 e. The third-order valence-electron chi connectivity index (χ3n) is 3.13. The monoisotopic (exact) mass is 239 g/mol. The summed E-state index contributed by atoms with van der Waals surface area (Å²) in [7, 11) is 1.70. The molecule has 0 unspecified atom stereocenters. The molecular formula is C13H18ClNO. The van der Waals surface area contributed by atoms with Crippen LogP contribution in [0.5, 0.6) is 5.75 Å². The highest BCUT2D eigenvalue weighted by Crippen LogP contribution is 2.32. The number of methoxy groups -OCH3 is 1. The molecule has 0 bridgehead atoms. The van der Waals surface area contributed by atoms with Gasteiger partial charge in [0.2, 0.25) is 0 Å². The first-order chi connectivity index (χ1) is 7.81. The average molecular weight is 240 g/mol. The van der Waals surface area contributed by atoms with Gasteiger partial charge in [-0.15, -0.1) is 0 Å². The molecule has 16 heavy (non-hydrogen) atoms. The second-order valence-electron chi connectivity index (χ2n) is 4.24. The maximum atomic E-state index is 5.97. The lowest BCUT2D eigenvalue weighted by molar-refractivity contribution is 0.398. The first-order valence-corrected chi connectivity index (χ1v) is 6.26. The lowest BCUT2D eigenvalue weighted by Crippen LogP contribution is -2.20. The molecule has 1 aromatic carbocycles. The van der Waals surface area contributed by atoms with Crippen molar-refractivity contribution in [1.82, 2.24) is 5.32 Å². The van der Waals surface area contributed by atoms with E-state index in [1.54, 1.807) is 7.11 Å². The fourth-order valence-electron chi connectivity index (χ4n) is 2.27. The van der Waals surface area contributed by atoms with Crippen molar-refractivity contribution in [3.8, 4) is 5.75 Å². The van der Waals surface area contributed by atoms with Gasteiger partial charge in [0.25, 0.3) is 0 Å². The summed E-state index contributed by atoms with van der Waals surface area (Å²) in [6.45, 7) is 1.09. The Morgan fingerprint density at radius 2 is 2.19 bits per heavy atom. The first kappa shape index (κ1) is 11.7. The molecule has 1 aromatic rings. The standard InChI is InChI=1S/C13H18ClNO/c1-16-13-9-10(14)6-7-11(13)12-5-3-2-4-8-15-12/h6-7,9,12,15H,2-5,8H2,1H3/t12-/m1/s1. The highest BCUT2D eigenvalue weighted by Gasteiger charge is 2.17. The molecule has 2 rings (SSSR count). The Morgan fingerprint density at radius 1 is 1.31 bits per heavy atom. The van der Waals surface area contributed by atoms with Crippen LogP contribution in [-0.2, 0) is 0 Å². The van der Waals surface area contributed by atoms with E-state index in [1.807, 2.05) is 12.1 Å². The molecule has 0 saturated carbocycles. The predicted octanol–water partition coefficient (Wildman–Crippen LogP) is 3.55. The molecule has 1 heterocycles. The van der Waals surface area contributed by atoms with Crippen LogP contribution >= 0.6 is 11.6 Å². The molecule has 1 aliphatic rings. The van der Waals surface area contributed by atoms with Gasteiger partial charge in [-0.2, -0.15) is 0 Å². The minimum absolute atomic E-state index is 0.412. The van der Waals surface area contributed by atoms with Crippen LogP contribution in [-0.4, -0.2) is 13.7 Å². The lowest BCUT2D eigenvalue weighted by Gasteiger charge is -2.19. The quantitative estimate of drug-likeness (QED) is 0.852. The summed E-state index contributed by atoms with van der Waals surface area (Å²) in [6, 6.07) is 6.31. The zero-order valence-electron chi connectivity index (χ0n) is 9.63. The molecular weight excluding hydrogens is 222 g/mol. The predicted molar refractivity (Wildman–Crippen MR) is 67.2 cm³/mol. The smallest absolute Gasteiger partial charge is 0.125 e. The van der Waals surface area contributed by atoms with Gasteiger partial charge in [0.15, 0.2) is 0 Å². The van der Waals surface area contributed by atoms with E-state index >= 15 is 0 Å². The summed E-state index contributed by atoms with van der Waals surface area (Å²) < 4.78 is 5.40. The fourth-order valence-corrected chi connectivity index (χ4v) is 2.43. The molecule has 1 N–H and O–H groups in total. The van der Waals surface area contributed by atoms with Crippen molar-refractivity contribution in [1.29, 1.82) is 0 Å². The normalized spacial score (nSPS) is 21.5. The zero-order valence-corrected chi connectivity index (χ0v) is 10.4. The molecule has 3 heteroatoms. The highest BCUT2D eigenvalue weighted by atomic mass is 35.5. The summed E-state index contributed by atoms with van der Waals surface area (Å²) in [6.07, 6.45) is 5.05. The first-order valence-electron chi connectivity index (χ1n) is 5.88. The Hall–Kier alpha value is -0.730. The van der Waals surface area contributed by atoms with Gasteiger partial charge in [-0.25, -0.2) is 0 Å². The number of hydrogen-bond donors (Lipinski definition) is 1. The molecule has 1 atom stereocenters. The molecule has 88 valence electrons. The lowest BCUT2D eigenvalue weighted by atomic mass is 10.0. The van der Waals surface area contributed by atoms with Gasteiger partial charge in [0.1, 0.15) is 5.75 Å².